The van der Waals surface area contributed by atoms with Crippen molar-refractivity contribution in [1.29, 1.82) is 0 Å². The first-order valence-corrected chi connectivity index (χ1v) is 7.65. The highest BCUT2D eigenvalue weighted by Crippen LogP contribution is 2.08. The van der Waals surface area contributed by atoms with Crippen LogP contribution in [0, 0.1) is 0 Å². The summed E-state index contributed by atoms with van der Waals surface area (Å²) in [6.07, 6.45) is 0. The molecule has 0 aliphatic carbocycles. The standard InChI is InChI=1S/C17H24N2O5/c1-11(16(23)24-17(2,3)4)18-10-13(15(21)22)19-14(20)12-8-6-5-7-9-12/h5-9,11,13,18H,10H2,1-4H3,(H,19,20)(H,21,22). The van der Waals surface area contributed by atoms with Gasteiger partial charge >= 0.3 is 11.9 Å². The minimum atomic E-state index is -1.19. The van der Waals surface area contributed by atoms with Gasteiger partial charge in [-0.3, -0.25) is 9.59 Å². The van der Waals surface area contributed by atoms with E-state index in [0.717, 1.165) is 0 Å². The molecule has 0 radical (unpaired) electrons. The molecule has 24 heavy (non-hydrogen) atoms. The van der Waals surface area contributed by atoms with E-state index in [4.69, 9.17) is 4.74 Å². The number of hydrogen-bond donors (Lipinski definition) is 3. The molecular weight excluding hydrogens is 312 g/mol. The van der Waals surface area contributed by atoms with Crippen LogP contribution in [0.1, 0.15) is 38.1 Å². The number of hydrogen-bond acceptors (Lipinski definition) is 5. The average Bonchev–Trinajstić information content (AvgIpc) is 2.49. The Morgan fingerprint density at radius 1 is 1.17 bits per heavy atom. The van der Waals surface area contributed by atoms with Gasteiger partial charge in [-0.2, -0.15) is 0 Å². The Bertz CT molecular complexity index is 580. The normalized spacial score (nSPS) is 13.7. The second-order valence-corrected chi connectivity index (χ2v) is 6.39. The maximum atomic E-state index is 12.0. The Morgan fingerprint density at radius 3 is 2.25 bits per heavy atom. The van der Waals surface area contributed by atoms with Crippen molar-refractivity contribution in [3.63, 3.8) is 0 Å². The molecular formula is C17H24N2O5. The van der Waals surface area contributed by atoms with Crippen LogP contribution in [0.5, 0.6) is 0 Å². The molecule has 1 aromatic rings. The smallest absolute Gasteiger partial charge is 0.327 e. The summed E-state index contributed by atoms with van der Waals surface area (Å²) >= 11 is 0. The lowest BCUT2D eigenvalue weighted by molar-refractivity contribution is -0.157. The maximum Gasteiger partial charge on any atom is 0.327 e. The topological polar surface area (TPSA) is 105 Å². The van der Waals surface area contributed by atoms with E-state index in [1.165, 1.54) is 0 Å². The molecule has 2 atom stereocenters. The Labute approximate surface area is 141 Å². The molecule has 1 amide bonds. The zero-order valence-corrected chi connectivity index (χ0v) is 14.3. The third-order valence-electron chi connectivity index (χ3n) is 3.03. The van der Waals surface area contributed by atoms with Crippen LogP contribution in [0.15, 0.2) is 30.3 Å². The maximum absolute atomic E-state index is 12.0. The van der Waals surface area contributed by atoms with Crippen LogP contribution in [-0.4, -0.2) is 47.2 Å². The molecule has 1 aromatic carbocycles. The van der Waals surface area contributed by atoms with Crippen molar-refractivity contribution < 1.29 is 24.2 Å². The van der Waals surface area contributed by atoms with Crippen LogP contribution in [0.3, 0.4) is 0 Å². The molecule has 0 fully saturated rings. The van der Waals surface area contributed by atoms with Crippen LogP contribution in [-0.2, 0) is 14.3 Å². The molecule has 0 aliphatic rings. The van der Waals surface area contributed by atoms with E-state index in [1.54, 1.807) is 58.0 Å². The number of carbonyl (C=O) groups is 3. The number of ether oxygens (including phenoxy) is 1. The Morgan fingerprint density at radius 2 is 1.75 bits per heavy atom. The molecule has 2 unspecified atom stereocenters. The number of amides is 1. The highest BCUT2D eigenvalue weighted by Gasteiger charge is 2.25. The summed E-state index contributed by atoms with van der Waals surface area (Å²) in [7, 11) is 0. The van der Waals surface area contributed by atoms with Crippen molar-refractivity contribution in [2.24, 2.45) is 0 Å². The lowest BCUT2D eigenvalue weighted by atomic mass is 10.2. The lowest BCUT2D eigenvalue weighted by Crippen LogP contribution is -2.50. The van der Waals surface area contributed by atoms with E-state index in [9.17, 15) is 19.5 Å². The van der Waals surface area contributed by atoms with E-state index >= 15 is 0 Å². The van der Waals surface area contributed by atoms with Crippen molar-refractivity contribution in [2.45, 2.75) is 45.4 Å². The van der Waals surface area contributed by atoms with Gasteiger partial charge in [0, 0.05) is 12.1 Å². The van der Waals surface area contributed by atoms with Crippen molar-refractivity contribution in [3.8, 4) is 0 Å². The summed E-state index contributed by atoms with van der Waals surface area (Å²) in [5.74, 6) is -2.17. The van der Waals surface area contributed by atoms with Gasteiger partial charge in [-0.25, -0.2) is 4.79 Å². The Kier molecular flexibility index (Phi) is 6.91. The molecule has 7 nitrogen and oxygen atoms in total. The summed E-state index contributed by atoms with van der Waals surface area (Å²) in [5.41, 5.74) is -0.259. The number of rotatable bonds is 7. The fourth-order valence-electron chi connectivity index (χ4n) is 1.80. The number of carboxylic acid groups (broad SMARTS) is 1. The fraction of sp³-hybridized carbons (Fsp3) is 0.471. The number of esters is 1. The highest BCUT2D eigenvalue weighted by atomic mass is 16.6. The summed E-state index contributed by atoms with van der Waals surface area (Å²) in [6.45, 7) is 6.72. The zero-order valence-electron chi connectivity index (χ0n) is 14.3. The molecule has 3 N–H and O–H groups in total. The first-order valence-electron chi connectivity index (χ1n) is 7.65. The lowest BCUT2D eigenvalue weighted by Gasteiger charge is -2.23. The molecule has 0 bridgehead atoms. The van der Waals surface area contributed by atoms with Gasteiger partial charge in [0.1, 0.15) is 17.7 Å². The van der Waals surface area contributed by atoms with E-state index < -0.39 is 35.5 Å². The van der Waals surface area contributed by atoms with Crippen molar-refractivity contribution in [2.75, 3.05) is 6.54 Å². The monoisotopic (exact) mass is 336 g/mol. The van der Waals surface area contributed by atoms with Crippen LogP contribution < -0.4 is 10.6 Å². The van der Waals surface area contributed by atoms with Gasteiger partial charge in [-0.15, -0.1) is 0 Å². The van der Waals surface area contributed by atoms with Gasteiger partial charge < -0.3 is 20.5 Å². The second-order valence-electron chi connectivity index (χ2n) is 6.39. The Hall–Kier alpha value is -2.41. The van der Waals surface area contributed by atoms with E-state index in [1.807, 2.05) is 0 Å². The quantitative estimate of drug-likeness (QED) is 0.646. The van der Waals surface area contributed by atoms with Gasteiger partial charge in [-0.1, -0.05) is 18.2 Å². The molecule has 0 aromatic heterocycles. The van der Waals surface area contributed by atoms with E-state index in [2.05, 4.69) is 10.6 Å². The first kappa shape index (κ1) is 19.6. The largest absolute Gasteiger partial charge is 0.480 e. The fourth-order valence-corrected chi connectivity index (χ4v) is 1.80. The molecule has 1 rings (SSSR count). The minimum absolute atomic E-state index is 0.103. The van der Waals surface area contributed by atoms with Crippen molar-refractivity contribution >= 4 is 17.8 Å². The van der Waals surface area contributed by atoms with E-state index in [0.29, 0.717) is 5.56 Å². The number of benzene rings is 1. The SMILES string of the molecule is CC(NCC(NC(=O)c1ccccc1)C(=O)O)C(=O)OC(C)(C)C. The first-order chi connectivity index (χ1) is 11.1. The van der Waals surface area contributed by atoms with Gasteiger partial charge in [0.2, 0.25) is 0 Å². The van der Waals surface area contributed by atoms with Crippen LogP contribution in [0.25, 0.3) is 0 Å². The van der Waals surface area contributed by atoms with Crippen LogP contribution in [0.2, 0.25) is 0 Å². The summed E-state index contributed by atoms with van der Waals surface area (Å²) < 4.78 is 5.21. The number of aliphatic carboxylic acids is 1. The summed E-state index contributed by atoms with van der Waals surface area (Å²) in [6, 6.07) is 6.45. The van der Waals surface area contributed by atoms with Gasteiger partial charge in [0.05, 0.1) is 0 Å². The Balaban J connectivity index is 2.59. The summed E-state index contributed by atoms with van der Waals surface area (Å²) in [5, 5.41) is 14.4. The number of carbonyl (C=O) groups excluding carboxylic acids is 2. The minimum Gasteiger partial charge on any atom is -0.480 e. The highest BCUT2D eigenvalue weighted by molar-refractivity contribution is 5.96. The van der Waals surface area contributed by atoms with Crippen molar-refractivity contribution in [3.05, 3.63) is 35.9 Å². The molecule has 0 aliphatic heterocycles. The molecule has 0 spiro atoms. The molecule has 0 heterocycles. The number of nitrogens with one attached hydrogen (secondary N) is 2. The van der Waals surface area contributed by atoms with Gasteiger partial charge in [0.25, 0.3) is 5.91 Å². The van der Waals surface area contributed by atoms with Crippen LogP contribution in [0.4, 0.5) is 0 Å². The molecule has 0 saturated carbocycles. The third kappa shape index (κ3) is 6.78. The third-order valence-corrected chi connectivity index (χ3v) is 3.03. The average molecular weight is 336 g/mol. The molecule has 0 saturated heterocycles. The second kappa shape index (κ2) is 8.44. The predicted octanol–water partition coefficient (Wildman–Crippen LogP) is 1.19. The van der Waals surface area contributed by atoms with Gasteiger partial charge in [0.15, 0.2) is 0 Å². The van der Waals surface area contributed by atoms with Crippen molar-refractivity contribution in [1.82, 2.24) is 10.6 Å². The predicted molar refractivity (Wildman–Crippen MR) is 88.6 cm³/mol. The number of carboxylic acids is 1. The summed E-state index contributed by atoms with van der Waals surface area (Å²) in [4.78, 5) is 35.2. The van der Waals surface area contributed by atoms with Gasteiger partial charge in [-0.05, 0) is 39.8 Å². The zero-order chi connectivity index (χ0) is 18.3. The molecule has 7 heteroatoms. The van der Waals surface area contributed by atoms with Crippen LogP contribution >= 0.6 is 0 Å². The van der Waals surface area contributed by atoms with E-state index in [-0.39, 0.29) is 6.54 Å². The molecule has 132 valence electrons.